The van der Waals surface area contributed by atoms with Gasteiger partial charge in [0.1, 0.15) is 0 Å². The lowest BCUT2D eigenvalue weighted by atomic mass is 10.0. The van der Waals surface area contributed by atoms with Crippen molar-refractivity contribution in [3.05, 3.63) is 35.4 Å². The molecule has 1 saturated heterocycles. The summed E-state index contributed by atoms with van der Waals surface area (Å²) >= 11 is 0. The van der Waals surface area contributed by atoms with E-state index in [2.05, 4.69) is 16.1 Å². The van der Waals surface area contributed by atoms with E-state index in [9.17, 15) is 8.42 Å². The number of rotatable bonds is 3. The highest BCUT2D eigenvalue weighted by atomic mass is 32.2. The second-order valence-corrected chi connectivity index (χ2v) is 7.57. The molecule has 0 radical (unpaired) electrons. The fourth-order valence-corrected chi connectivity index (χ4v) is 4.49. The van der Waals surface area contributed by atoms with Gasteiger partial charge in [-0.05, 0) is 36.9 Å². The van der Waals surface area contributed by atoms with Gasteiger partial charge in [0.15, 0.2) is 0 Å². The van der Waals surface area contributed by atoms with Crippen LogP contribution in [0.25, 0.3) is 0 Å². The van der Waals surface area contributed by atoms with Crippen molar-refractivity contribution in [2.75, 3.05) is 19.6 Å². The minimum Gasteiger partial charge on any atom is -0.315 e. The van der Waals surface area contributed by atoms with Crippen LogP contribution in [-0.2, 0) is 23.2 Å². The Balaban J connectivity index is 1.68. The zero-order valence-electron chi connectivity index (χ0n) is 12.2. The van der Waals surface area contributed by atoms with Crippen molar-refractivity contribution < 1.29 is 8.42 Å². The minimum absolute atomic E-state index is 0.00895. The Morgan fingerprint density at radius 1 is 1.19 bits per heavy atom. The monoisotopic (exact) mass is 309 g/mol. The molecule has 2 heterocycles. The van der Waals surface area contributed by atoms with Crippen molar-refractivity contribution in [1.82, 2.24) is 14.3 Å². The van der Waals surface area contributed by atoms with Crippen LogP contribution in [0.3, 0.4) is 0 Å². The number of hydrogen-bond donors (Lipinski definition) is 2. The number of nitrogens with zero attached hydrogens (tertiary/aromatic N) is 1. The average molecular weight is 309 g/mol. The van der Waals surface area contributed by atoms with Crippen LogP contribution in [0.4, 0.5) is 0 Å². The van der Waals surface area contributed by atoms with Crippen LogP contribution in [0.15, 0.2) is 24.3 Å². The molecule has 0 bridgehead atoms. The van der Waals surface area contributed by atoms with Crippen molar-refractivity contribution in [2.24, 2.45) is 0 Å². The standard InChI is InChI=1S/C15H23N3O2S/c19-21(20,17-15-7-3-4-9-16-11-15)18-10-8-13-5-1-2-6-14(13)12-18/h1-2,5-6,15-17H,3-4,7-12H2. The Bertz CT molecular complexity index is 580. The Morgan fingerprint density at radius 3 is 2.86 bits per heavy atom. The second kappa shape index (κ2) is 6.44. The van der Waals surface area contributed by atoms with Crippen LogP contribution in [0.1, 0.15) is 30.4 Å². The lowest BCUT2D eigenvalue weighted by molar-refractivity contribution is 0.375. The van der Waals surface area contributed by atoms with E-state index in [1.807, 2.05) is 18.2 Å². The SMILES string of the molecule is O=S(=O)(NC1CCCCNC1)N1CCc2ccccc2C1. The predicted molar refractivity (Wildman–Crippen MR) is 83.1 cm³/mol. The van der Waals surface area contributed by atoms with E-state index in [1.54, 1.807) is 4.31 Å². The van der Waals surface area contributed by atoms with E-state index in [0.29, 0.717) is 13.1 Å². The topological polar surface area (TPSA) is 61.4 Å². The van der Waals surface area contributed by atoms with Gasteiger partial charge in [-0.15, -0.1) is 0 Å². The second-order valence-electron chi connectivity index (χ2n) is 5.87. The van der Waals surface area contributed by atoms with Gasteiger partial charge in [0, 0.05) is 25.7 Å². The molecule has 1 unspecified atom stereocenters. The fourth-order valence-electron chi connectivity index (χ4n) is 3.08. The molecule has 2 aliphatic rings. The van der Waals surface area contributed by atoms with Crippen molar-refractivity contribution in [3.8, 4) is 0 Å². The van der Waals surface area contributed by atoms with E-state index >= 15 is 0 Å². The molecule has 0 saturated carbocycles. The van der Waals surface area contributed by atoms with Gasteiger partial charge in [0.05, 0.1) is 0 Å². The van der Waals surface area contributed by atoms with Crippen LogP contribution >= 0.6 is 0 Å². The summed E-state index contributed by atoms with van der Waals surface area (Å²) in [5, 5.41) is 3.29. The number of hydrogen-bond acceptors (Lipinski definition) is 3. The molecule has 1 aromatic carbocycles. The van der Waals surface area contributed by atoms with Crippen LogP contribution < -0.4 is 10.0 Å². The Morgan fingerprint density at radius 2 is 2.00 bits per heavy atom. The summed E-state index contributed by atoms with van der Waals surface area (Å²) in [4.78, 5) is 0. The molecule has 21 heavy (non-hydrogen) atoms. The quantitative estimate of drug-likeness (QED) is 0.876. The van der Waals surface area contributed by atoms with Gasteiger partial charge in [-0.2, -0.15) is 17.4 Å². The molecule has 2 aliphatic heterocycles. The van der Waals surface area contributed by atoms with Crippen LogP contribution in [0, 0.1) is 0 Å². The van der Waals surface area contributed by atoms with E-state index in [4.69, 9.17) is 0 Å². The molecule has 2 N–H and O–H groups in total. The molecular formula is C15H23N3O2S. The summed E-state index contributed by atoms with van der Waals surface area (Å²) < 4.78 is 29.6. The van der Waals surface area contributed by atoms with Gasteiger partial charge in [0.2, 0.25) is 0 Å². The highest BCUT2D eigenvalue weighted by molar-refractivity contribution is 7.87. The zero-order chi connectivity index (χ0) is 14.7. The maximum atomic E-state index is 12.6. The van der Waals surface area contributed by atoms with E-state index in [-0.39, 0.29) is 6.04 Å². The predicted octanol–water partition coefficient (Wildman–Crippen LogP) is 1.02. The molecule has 6 heteroatoms. The smallest absolute Gasteiger partial charge is 0.280 e. The average Bonchev–Trinajstić information content (AvgIpc) is 2.75. The number of benzene rings is 1. The first-order valence-electron chi connectivity index (χ1n) is 7.70. The highest BCUT2D eigenvalue weighted by Crippen LogP contribution is 2.20. The highest BCUT2D eigenvalue weighted by Gasteiger charge is 2.28. The third-order valence-corrected chi connectivity index (χ3v) is 5.92. The molecule has 1 fully saturated rings. The summed E-state index contributed by atoms with van der Waals surface area (Å²) in [5.41, 5.74) is 2.38. The first kappa shape index (κ1) is 15.0. The molecule has 1 aromatic rings. The van der Waals surface area contributed by atoms with Crippen molar-refractivity contribution >= 4 is 10.2 Å². The first-order valence-corrected chi connectivity index (χ1v) is 9.14. The number of fused-ring (bicyclic) bond motifs is 1. The molecule has 1 atom stereocenters. The maximum Gasteiger partial charge on any atom is 0.280 e. The lowest BCUT2D eigenvalue weighted by Gasteiger charge is -2.29. The van der Waals surface area contributed by atoms with E-state index in [1.165, 1.54) is 5.56 Å². The minimum atomic E-state index is -3.40. The molecule has 116 valence electrons. The van der Waals surface area contributed by atoms with E-state index in [0.717, 1.165) is 44.3 Å². The van der Waals surface area contributed by atoms with E-state index < -0.39 is 10.2 Å². The van der Waals surface area contributed by atoms with Gasteiger partial charge in [-0.1, -0.05) is 30.7 Å². The maximum absolute atomic E-state index is 12.6. The fraction of sp³-hybridized carbons (Fsp3) is 0.600. The molecule has 0 aliphatic carbocycles. The molecule has 5 nitrogen and oxygen atoms in total. The third kappa shape index (κ3) is 3.63. The van der Waals surface area contributed by atoms with Crippen LogP contribution in [0.2, 0.25) is 0 Å². The van der Waals surface area contributed by atoms with Gasteiger partial charge >= 0.3 is 0 Å². The molecule has 0 amide bonds. The van der Waals surface area contributed by atoms with Gasteiger partial charge in [0.25, 0.3) is 10.2 Å². The molecule has 0 spiro atoms. The summed E-state index contributed by atoms with van der Waals surface area (Å²) in [6.07, 6.45) is 3.90. The molecule has 0 aromatic heterocycles. The molecular weight excluding hydrogens is 286 g/mol. The summed E-state index contributed by atoms with van der Waals surface area (Å²) in [6, 6.07) is 8.09. The van der Waals surface area contributed by atoms with Gasteiger partial charge in [-0.3, -0.25) is 0 Å². The van der Waals surface area contributed by atoms with Gasteiger partial charge in [-0.25, -0.2) is 0 Å². The third-order valence-electron chi connectivity index (χ3n) is 4.30. The van der Waals surface area contributed by atoms with Crippen LogP contribution in [0.5, 0.6) is 0 Å². The lowest BCUT2D eigenvalue weighted by Crippen LogP contribution is -2.49. The van der Waals surface area contributed by atoms with Gasteiger partial charge < -0.3 is 5.32 Å². The summed E-state index contributed by atoms with van der Waals surface area (Å²) in [7, 11) is -3.40. The normalized spacial score (nSPS) is 24.3. The van der Waals surface area contributed by atoms with Crippen LogP contribution in [-0.4, -0.2) is 38.4 Å². The van der Waals surface area contributed by atoms with Crippen molar-refractivity contribution in [2.45, 2.75) is 38.3 Å². The Hall–Kier alpha value is -0.950. The summed E-state index contributed by atoms with van der Waals surface area (Å²) in [5.74, 6) is 0. The zero-order valence-corrected chi connectivity index (χ0v) is 13.0. The Labute approximate surface area is 126 Å². The first-order chi connectivity index (χ1) is 10.1. The Kier molecular flexibility index (Phi) is 4.59. The van der Waals surface area contributed by atoms with Crippen molar-refractivity contribution in [1.29, 1.82) is 0 Å². The number of nitrogens with one attached hydrogen (secondary N) is 2. The molecule has 3 rings (SSSR count). The largest absolute Gasteiger partial charge is 0.315 e. The summed E-state index contributed by atoms with van der Waals surface area (Å²) in [6.45, 7) is 2.75. The van der Waals surface area contributed by atoms with Crippen molar-refractivity contribution in [3.63, 3.8) is 0 Å².